The molecule has 1 aliphatic heterocycles. The largest absolute Gasteiger partial charge is 0.501 e. The highest BCUT2D eigenvalue weighted by Gasteiger charge is 2.29. The number of nitriles is 1. The zero-order valence-corrected chi connectivity index (χ0v) is 9.81. The van der Waals surface area contributed by atoms with Crippen molar-refractivity contribution in [3.05, 3.63) is 47.2 Å². The monoisotopic (exact) mass is 229 g/mol. The van der Waals surface area contributed by atoms with Crippen LogP contribution in [0.3, 0.4) is 0 Å². The topological polar surface area (TPSA) is 53.2 Å². The van der Waals surface area contributed by atoms with Crippen LogP contribution in [0, 0.1) is 11.3 Å². The van der Waals surface area contributed by atoms with Crippen LogP contribution in [0.4, 0.5) is 0 Å². The van der Waals surface area contributed by atoms with E-state index in [1.54, 1.807) is 31.4 Å². The van der Waals surface area contributed by atoms with Gasteiger partial charge in [0.25, 0.3) is 0 Å². The number of ether oxygens (including phenoxy) is 1. The van der Waals surface area contributed by atoms with Gasteiger partial charge >= 0.3 is 0 Å². The molecule has 3 nitrogen and oxygen atoms in total. The molecule has 0 radical (unpaired) electrons. The Morgan fingerprint density at radius 1 is 1.47 bits per heavy atom. The van der Waals surface area contributed by atoms with Crippen LogP contribution < -0.4 is 0 Å². The molecule has 0 fully saturated rings. The van der Waals surface area contributed by atoms with Gasteiger partial charge in [0.1, 0.15) is 5.60 Å². The summed E-state index contributed by atoms with van der Waals surface area (Å²) in [4.78, 5) is 0. The molecule has 1 heterocycles. The maximum atomic E-state index is 10.6. The Bertz CT molecular complexity index is 483. The van der Waals surface area contributed by atoms with Crippen LogP contribution >= 0.6 is 0 Å². The number of nitrogens with zero attached hydrogens (tertiary/aromatic N) is 1. The van der Waals surface area contributed by atoms with Crippen molar-refractivity contribution < 1.29 is 9.84 Å². The third-order valence-corrected chi connectivity index (χ3v) is 3.11. The predicted octanol–water partition coefficient (Wildman–Crippen LogP) is 2.46. The molecule has 88 valence electrons. The van der Waals surface area contributed by atoms with Gasteiger partial charge in [0.05, 0.1) is 24.5 Å². The molecule has 0 saturated carbocycles. The zero-order chi connectivity index (χ0) is 12.3. The summed E-state index contributed by atoms with van der Waals surface area (Å²) in [5.74, 6) is 0. The van der Waals surface area contributed by atoms with Gasteiger partial charge < -0.3 is 9.84 Å². The van der Waals surface area contributed by atoms with Crippen LogP contribution in [0.1, 0.15) is 30.9 Å². The molecule has 1 N–H and O–H groups in total. The number of benzene rings is 1. The molecule has 0 saturated heterocycles. The minimum Gasteiger partial charge on any atom is -0.501 e. The number of hydrogen-bond acceptors (Lipinski definition) is 3. The van der Waals surface area contributed by atoms with Gasteiger partial charge in [-0.1, -0.05) is 12.1 Å². The first-order chi connectivity index (χ1) is 8.14. The van der Waals surface area contributed by atoms with Gasteiger partial charge in [-0.15, -0.1) is 0 Å². The van der Waals surface area contributed by atoms with E-state index in [9.17, 15) is 5.11 Å². The van der Waals surface area contributed by atoms with Crippen molar-refractivity contribution >= 4 is 0 Å². The quantitative estimate of drug-likeness (QED) is 0.847. The first-order valence-corrected chi connectivity index (χ1v) is 5.69. The molecule has 0 aliphatic carbocycles. The summed E-state index contributed by atoms with van der Waals surface area (Å²) in [7, 11) is 0. The van der Waals surface area contributed by atoms with Crippen LogP contribution in [-0.2, 0) is 10.3 Å². The lowest BCUT2D eigenvalue weighted by Crippen LogP contribution is -2.26. The molecular weight excluding hydrogens is 214 g/mol. The van der Waals surface area contributed by atoms with Crippen molar-refractivity contribution in [1.82, 2.24) is 0 Å². The average molecular weight is 229 g/mol. The Kier molecular flexibility index (Phi) is 3.16. The second-order valence-corrected chi connectivity index (χ2v) is 4.38. The second-order valence-electron chi connectivity index (χ2n) is 4.38. The summed E-state index contributed by atoms with van der Waals surface area (Å²) in [6.07, 6.45) is 3.38. The highest BCUT2D eigenvalue weighted by Crippen LogP contribution is 2.33. The van der Waals surface area contributed by atoms with Gasteiger partial charge in [0.15, 0.2) is 0 Å². The summed E-state index contributed by atoms with van der Waals surface area (Å²) in [6.45, 7) is 2.45. The zero-order valence-electron chi connectivity index (χ0n) is 9.81. The van der Waals surface area contributed by atoms with Gasteiger partial charge in [-0.3, -0.25) is 0 Å². The molecule has 1 unspecified atom stereocenters. The van der Waals surface area contributed by atoms with E-state index in [0.29, 0.717) is 12.2 Å². The Morgan fingerprint density at radius 2 is 2.29 bits per heavy atom. The smallest absolute Gasteiger partial charge is 0.111 e. The van der Waals surface area contributed by atoms with E-state index in [1.807, 2.05) is 6.07 Å². The molecule has 1 aliphatic rings. The van der Waals surface area contributed by atoms with Crippen LogP contribution in [0.25, 0.3) is 0 Å². The highest BCUT2D eigenvalue weighted by molar-refractivity contribution is 5.39. The summed E-state index contributed by atoms with van der Waals surface area (Å²) in [6, 6.07) is 9.14. The van der Waals surface area contributed by atoms with Crippen LogP contribution in [-0.4, -0.2) is 11.7 Å². The number of hydrogen-bond donors (Lipinski definition) is 1. The lowest BCUT2D eigenvalue weighted by molar-refractivity contribution is 0.0785. The second kappa shape index (κ2) is 4.60. The van der Waals surface area contributed by atoms with E-state index in [2.05, 4.69) is 6.07 Å². The molecule has 17 heavy (non-hydrogen) atoms. The average Bonchev–Trinajstić information content (AvgIpc) is 2.40. The minimum atomic E-state index is -1.06. The van der Waals surface area contributed by atoms with Gasteiger partial charge in [-0.2, -0.15) is 5.26 Å². The first-order valence-electron chi connectivity index (χ1n) is 5.69. The van der Waals surface area contributed by atoms with Gasteiger partial charge in [0, 0.05) is 0 Å². The molecule has 3 heteroatoms. The van der Waals surface area contributed by atoms with Crippen molar-refractivity contribution in [2.45, 2.75) is 25.4 Å². The standard InChI is InChI=1S/C14H15NO2/c1-14(16,13-6-3-7-17-10-13)12-5-2-4-11(8-12)9-15/h2,4-5,8,10,16H,3,6-7H2,1H3. The van der Waals surface area contributed by atoms with E-state index in [1.165, 1.54) is 0 Å². The first kappa shape index (κ1) is 11.7. The lowest BCUT2D eigenvalue weighted by Gasteiger charge is -2.29. The van der Waals surface area contributed by atoms with Crippen molar-refractivity contribution in [3.8, 4) is 6.07 Å². The van der Waals surface area contributed by atoms with E-state index >= 15 is 0 Å². The number of rotatable bonds is 2. The highest BCUT2D eigenvalue weighted by atomic mass is 16.5. The van der Waals surface area contributed by atoms with E-state index in [-0.39, 0.29) is 0 Å². The van der Waals surface area contributed by atoms with Crippen LogP contribution in [0.15, 0.2) is 36.1 Å². The molecule has 1 atom stereocenters. The molecule has 1 aromatic rings. The van der Waals surface area contributed by atoms with Crippen molar-refractivity contribution in [2.75, 3.05) is 6.61 Å². The Labute approximate surface area is 101 Å². The summed E-state index contributed by atoms with van der Waals surface area (Å²) < 4.78 is 5.26. The molecule has 0 bridgehead atoms. The predicted molar refractivity (Wildman–Crippen MR) is 64.0 cm³/mol. The summed E-state index contributed by atoms with van der Waals surface area (Å²) in [5, 5.41) is 19.4. The van der Waals surface area contributed by atoms with Crippen LogP contribution in [0.2, 0.25) is 0 Å². The fourth-order valence-corrected chi connectivity index (χ4v) is 2.00. The molecular formula is C14H15NO2. The maximum Gasteiger partial charge on any atom is 0.111 e. The van der Waals surface area contributed by atoms with Gasteiger partial charge in [0.2, 0.25) is 0 Å². The Balaban J connectivity index is 2.36. The Morgan fingerprint density at radius 3 is 2.94 bits per heavy atom. The molecule has 1 aromatic carbocycles. The number of aliphatic hydroxyl groups is 1. The van der Waals surface area contributed by atoms with Crippen molar-refractivity contribution in [1.29, 1.82) is 5.26 Å². The van der Waals surface area contributed by atoms with Gasteiger partial charge in [-0.05, 0) is 43.0 Å². The Hall–Kier alpha value is -1.79. The fraction of sp³-hybridized carbons (Fsp3) is 0.357. The minimum absolute atomic E-state index is 0.556. The van der Waals surface area contributed by atoms with E-state index in [0.717, 1.165) is 24.0 Å². The molecule has 0 amide bonds. The summed E-state index contributed by atoms with van der Waals surface area (Å²) >= 11 is 0. The van der Waals surface area contributed by atoms with Gasteiger partial charge in [-0.25, -0.2) is 0 Å². The van der Waals surface area contributed by atoms with E-state index in [4.69, 9.17) is 10.00 Å². The normalized spacial score (nSPS) is 18.5. The lowest BCUT2D eigenvalue weighted by atomic mass is 9.85. The molecule has 0 spiro atoms. The van der Waals surface area contributed by atoms with Crippen molar-refractivity contribution in [2.24, 2.45) is 0 Å². The summed E-state index contributed by atoms with van der Waals surface area (Å²) in [5.41, 5.74) is 1.08. The fourth-order valence-electron chi connectivity index (χ4n) is 2.00. The molecule has 2 rings (SSSR count). The van der Waals surface area contributed by atoms with Crippen molar-refractivity contribution in [3.63, 3.8) is 0 Å². The molecule has 0 aromatic heterocycles. The maximum absolute atomic E-state index is 10.6. The van der Waals surface area contributed by atoms with E-state index < -0.39 is 5.60 Å². The third-order valence-electron chi connectivity index (χ3n) is 3.11. The third kappa shape index (κ3) is 2.32. The SMILES string of the molecule is CC(O)(C1=COCCC1)c1cccc(C#N)c1. The van der Waals surface area contributed by atoms with Crippen LogP contribution in [0.5, 0.6) is 0 Å².